The number of oxime groups is 1. The highest BCUT2D eigenvalue weighted by atomic mass is 16.5. The molecule has 0 aliphatic rings. The Bertz CT molecular complexity index is 816. The van der Waals surface area contributed by atoms with Gasteiger partial charge >= 0.3 is 0 Å². The van der Waals surface area contributed by atoms with Gasteiger partial charge in [0.2, 0.25) is 11.6 Å². The summed E-state index contributed by atoms with van der Waals surface area (Å²) in [7, 11) is 0. The minimum Gasteiger partial charge on any atom is -0.411 e. The van der Waals surface area contributed by atoms with Crippen LogP contribution < -0.4 is 14.9 Å². The molecule has 0 atom stereocenters. The zero-order valence-electron chi connectivity index (χ0n) is 15.0. The molecule has 0 aromatic carbocycles. The first kappa shape index (κ1) is 10.0. The smallest absolute Gasteiger partial charge is 0.258 e. The summed E-state index contributed by atoms with van der Waals surface area (Å²) in [6.45, 7) is -0.279. The van der Waals surface area contributed by atoms with E-state index in [0.717, 1.165) is 4.57 Å². The van der Waals surface area contributed by atoms with Crippen molar-refractivity contribution in [2.75, 3.05) is 0 Å². The van der Waals surface area contributed by atoms with E-state index in [1.165, 1.54) is 6.21 Å². The van der Waals surface area contributed by atoms with Gasteiger partial charge in [0.05, 0.1) is 8.30 Å². The largest absolute Gasteiger partial charge is 0.411 e. The number of primary amides is 1. The second kappa shape index (κ2) is 7.11. The standard InChI is InChI=1S/C14H14N4O3/c15-14(19)12-4-7-17(8-5-12)10-21-11-18-6-2-1-3-13(18)9-16-20/h1-9H,10-11H2,(H-,15,19)/p+2/i4D,5D,7D,8D. The van der Waals surface area contributed by atoms with E-state index in [2.05, 4.69) is 5.16 Å². The topological polar surface area (TPSA) is 92.7 Å². The summed E-state index contributed by atoms with van der Waals surface area (Å²) in [5.74, 6) is -1.03. The molecule has 2 aromatic rings. The zero-order valence-corrected chi connectivity index (χ0v) is 11.0. The van der Waals surface area contributed by atoms with Crippen LogP contribution in [0, 0.1) is 0 Å². The predicted molar refractivity (Wildman–Crippen MR) is 72.3 cm³/mol. The van der Waals surface area contributed by atoms with Crippen LogP contribution in [0.5, 0.6) is 0 Å². The second-order valence-corrected chi connectivity index (χ2v) is 3.94. The number of amides is 1. The molecule has 2 rings (SSSR count). The maximum Gasteiger partial charge on any atom is 0.258 e. The lowest BCUT2D eigenvalue weighted by molar-refractivity contribution is -0.788. The first-order valence-corrected chi connectivity index (χ1v) is 5.92. The third kappa shape index (κ3) is 4.08. The van der Waals surface area contributed by atoms with Crippen LogP contribution in [0.15, 0.2) is 54.0 Å². The molecule has 0 saturated heterocycles. The normalized spacial score (nSPS) is 13.5. The molecule has 108 valence electrons. The van der Waals surface area contributed by atoms with Gasteiger partial charge in [0.1, 0.15) is 8.96 Å². The Balaban J connectivity index is 2.24. The van der Waals surface area contributed by atoms with E-state index in [9.17, 15) is 4.79 Å². The Labute approximate surface area is 127 Å². The first-order valence-electron chi connectivity index (χ1n) is 7.92. The molecular formula is C14H16N4O3+2. The summed E-state index contributed by atoms with van der Waals surface area (Å²) in [5, 5.41) is 11.6. The molecule has 2 heterocycles. The number of carbonyl (C=O) groups is 1. The number of nitrogens with two attached hydrogens (primary N) is 1. The van der Waals surface area contributed by atoms with Crippen molar-refractivity contribution in [2.24, 2.45) is 10.9 Å². The quantitative estimate of drug-likeness (QED) is 0.334. The van der Waals surface area contributed by atoms with Crippen molar-refractivity contribution in [3.05, 3.63) is 60.1 Å². The fourth-order valence-corrected chi connectivity index (χ4v) is 1.51. The maximum absolute atomic E-state index is 11.3. The van der Waals surface area contributed by atoms with Crippen LogP contribution in [0.25, 0.3) is 0 Å². The number of ether oxygens (including phenoxy) is 1. The number of nitrogens with zero attached hydrogens (tertiary/aromatic N) is 3. The van der Waals surface area contributed by atoms with Crippen molar-refractivity contribution in [3.8, 4) is 0 Å². The van der Waals surface area contributed by atoms with E-state index in [-0.39, 0.29) is 13.5 Å². The number of aromatic nitrogens is 2. The lowest BCUT2D eigenvalue weighted by Gasteiger charge is -2.00. The fraction of sp³-hybridized carbons (Fsp3) is 0.143. The van der Waals surface area contributed by atoms with Gasteiger partial charge in [-0.1, -0.05) is 5.16 Å². The minimum atomic E-state index is -1.03. The fourth-order valence-electron chi connectivity index (χ4n) is 1.51. The Morgan fingerprint density at radius 2 is 2.19 bits per heavy atom. The third-order valence-corrected chi connectivity index (χ3v) is 2.49. The Kier molecular flexibility index (Phi) is 3.39. The molecule has 21 heavy (non-hydrogen) atoms. The highest BCUT2D eigenvalue weighted by Crippen LogP contribution is 1.93. The van der Waals surface area contributed by atoms with Gasteiger partial charge < -0.3 is 10.9 Å². The monoisotopic (exact) mass is 292 g/mol. The third-order valence-electron chi connectivity index (χ3n) is 2.49. The summed E-state index contributed by atoms with van der Waals surface area (Å²) < 4.78 is 39.3. The Morgan fingerprint density at radius 1 is 1.43 bits per heavy atom. The van der Waals surface area contributed by atoms with Crippen LogP contribution in [0.1, 0.15) is 21.5 Å². The summed E-state index contributed by atoms with van der Waals surface area (Å²) in [4.78, 5) is 11.3. The van der Waals surface area contributed by atoms with Gasteiger partial charge in [-0.15, -0.1) is 0 Å². The van der Waals surface area contributed by atoms with Crippen molar-refractivity contribution in [2.45, 2.75) is 13.5 Å². The van der Waals surface area contributed by atoms with E-state index < -0.39 is 35.9 Å². The Morgan fingerprint density at radius 3 is 2.86 bits per heavy atom. The van der Waals surface area contributed by atoms with Crippen LogP contribution in [0.4, 0.5) is 0 Å². The van der Waals surface area contributed by atoms with Crippen LogP contribution in [0.2, 0.25) is 0 Å². The number of rotatable bonds is 6. The second-order valence-electron chi connectivity index (χ2n) is 3.94. The molecule has 7 nitrogen and oxygen atoms in total. The molecule has 0 spiro atoms. The molecule has 0 fully saturated rings. The van der Waals surface area contributed by atoms with E-state index in [1.54, 1.807) is 29.0 Å². The average molecular weight is 292 g/mol. The van der Waals surface area contributed by atoms with E-state index in [0.29, 0.717) is 5.69 Å². The van der Waals surface area contributed by atoms with Gasteiger partial charge in [-0.05, 0) is 6.07 Å². The minimum absolute atomic E-state index is 0.00626. The molecular weight excluding hydrogens is 272 g/mol. The Hall–Kier alpha value is -2.80. The van der Waals surface area contributed by atoms with Gasteiger partial charge in [0, 0.05) is 24.2 Å². The van der Waals surface area contributed by atoms with Crippen molar-refractivity contribution in [1.29, 1.82) is 0 Å². The zero-order chi connectivity index (χ0) is 18.6. The number of hydrogen-bond acceptors (Lipinski definition) is 4. The lowest BCUT2D eigenvalue weighted by Crippen LogP contribution is -2.42. The molecule has 0 aliphatic carbocycles. The van der Waals surface area contributed by atoms with Crippen molar-refractivity contribution in [3.63, 3.8) is 0 Å². The van der Waals surface area contributed by atoms with Gasteiger partial charge in [-0.2, -0.15) is 9.13 Å². The van der Waals surface area contributed by atoms with Gasteiger partial charge in [-0.25, -0.2) is 0 Å². The molecule has 0 aliphatic heterocycles. The molecule has 0 saturated carbocycles. The SMILES string of the molecule is [2H]c1c(C(N)=O)c([2H])c([2H])[n+](COC[n+]2ccccc2/C=N/O)c1[2H]. The lowest BCUT2D eigenvalue weighted by atomic mass is 10.2. The average Bonchev–Trinajstić information content (AvgIpc) is 2.57. The number of hydrogen-bond donors (Lipinski definition) is 2. The molecule has 2 aromatic heterocycles. The molecule has 1 amide bonds. The van der Waals surface area contributed by atoms with Crippen LogP contribution in [-0.4, -0.2) is 17.3 Å². The highest BCUT2D eigenvalue weighted by Gasteiger charge is 2.09. The van der Waals surface area contributed by atoms with E-state index >= 15 is 0 Å². The molecule has 0 unspecified atom stereocenters. The van der Waals surface area contributed by atoms with Gasteiger partial charge in [0.25, 0.3) is 13.5 Å². The first-order chi connectivity index (χ1) is 11.9. The molecule has 7 heteroatoms. The summed E-state index contributed by atoms with van der Waals surface area (Å²) in [6.07, 6.45) is 1.98. The van der Waals surface area contributed by atoms with Gasteiger partial charge in [0.15, 0.2) is 18.5 Å². The van der Waals surface area contributed by atoms with Crippen molar-refractivity contribution >= 4 is 12.1 Å². The highest BCUT2D eigenvalue weighted by molar-refractivity contribution is 5.92. The maximum atomic E-state index is 11.3. The van der Waals surface area contributed by atoms with Crippen LogP contribution in [-0.2, 0) is 18.2 Å². The van der Waals surface area contributed by atoms with Gasteiger partial charge in [-0.3, -0.25) is 9.53 Å². The van der Waals surface area contributed by atoms with Crippen LogP contribution in [0.3, 0.4) is 0 Å². The summed E-state index contributed by atoms with van der Waals surface area (Å²) in [5.41, 5.74) is 5.19. The summed E-state index contributed by atoms with van der Waals surface area (Å²) >= 11 is 0. The van der Waals surface area contributed by atoms with E-state index in [1.807, 2.05) is 0 Å². The van der Waals surface area contributed by atoms with E-state index in [4.69, 9.17) is 21.2 Å². The van der Waals surface area contributed by atoms with Crippen LogP contribution >= 0.6 is 0 Å². The molecule has 0 radical (unpaired) electrons. The predicted octanol–water partition coefficient (Wildman–Crippen LogP) is -0.200. The molecule has 0 bridgehead atoms. The molecule has 3 N–H and O–H groups in total. The van der Waals surface area contributed by atoms with Crippen molar-refractivity contribution < 1.29 is 29.4 Å². The van der Waals surface area contributed by atoms with Crippen molar-refractivity contribution in [1.82, 2.24) is 0 Å². The number of carbonyl (C=O) groups excluding carboxylic acids is 1. The number of pyridine rings is 2. The summed E-state index contributed by atoms with van der Waals surface area (Å²) in [6, 6.07) is 4.11.